The van der Waals surface area contributed by atoms with Gasteiger partial charge in [0.2, 0.25) is 5.91 Å². The number of aryl methyl sites for hydroxylation is 2. The largest absolute Gasteiger partial charge is 0.497 e. The van der Waals surface area contributed by atoms with Gasteiger partial charge in [0.05, 0.1) is 12.8 Å². The molecule has 110 valence electrons. The van der Waals surface area contributed by atoms with E-state index in [4.69, 9.17) is 4.74 Å². The summed E-state index contributed by atoms with van der Waals surface area (Å²) in [6.45, 7) is 2.05. The Hall–Kier alpha value is -1.81. The molecule has 0 heterocycles. The van der Waals surface area contributed by atoms with E-state index in [1.165, 1.54) is 11.1 Å². The molecule has 1 N–H and O–H groups in total. The van der Waals surface area contributed by atoms with Crippen molar-refractivity contribution in [2.45, 2.75) is 19.8 Å². The van der Waals surface area contributed by atoms with Crippen molar-refractivity contribution < 1.29 is 9.53 Å². The fourth-order valence-corrected chi connectivity index (χ4v) is 2.30. The van der Waals surface area contributed by atoms with Crippen molar-refractivity contribution in [2.75, 3.05) is 12.4 Å². The van der Waals surface area contributed by atoms with Crippen molar-refractivity contribution in [1.29, 1.82) is 0 Å². The predicted molar refractivity (Wildman–Crippen MR) is 88.8 cm³/mol. The van der Waals surface area contributed by atoms with Gasteiger partial charge in [-0.05, 0) is 47.0 Å². The molecule has 0 aliphatic rings. The molecule has 2 aromatic carbocycles. The Balaban J connectivity index is 1.94. The molecule has 0 aliphatic carbocycles. The van der Waals surface area contributed by atoms with Crippen molar-refractivity contribution >= 4 is 27.5 Å². The molecule has 21 heavy (non-hydrogen) atoms. The normalized spacial score (nSPS) is 10.2. The lowest BCUT2D eigenvalue weighted by atomic mass is 10.1. The Kier molecular flexibility index (Phi) is 5.39. The van der Waals surface area contributed by atoms with Crippen molar-refractivity contribution in [3.63, 3.8) is 0 Å². The summed E-state index contributed by atoms with van der Waals surface area (Å²) in [5, 5.41) is 2.90. The zero-order valence-electron chi connectivity index (χ0n) is 12.2. The molecular weight excluding hydrogens is 330 g/mol. The standard InChI is InChI=1S/C17H18BrNO2/c1-12-3-5-13(6-4-12)7-10-17(20)19-16-11-14(21-2)8-9-15(16)18/h3-6,8-9,11H,7,10H2,1-2H3,(H,19,20). The van der Waals surface area contributed by atoms with Gasteiger partial charge >= 0.3 is 0 Å². The zero-order valence-corrected chi connectivity index (χ0v) is 13.7. The first-order valence-corrected chi connectivity index (χ1v) is 7.56. The fraction of sp³-hybridized carbons (Fsp3) is 0.235. The van der Waals surface area contributed by atoms with Crippen LogP contribution in [0.1, 0.15) is 17.5 Å². The molecule has 2 aromatic rings. The number of nitrogens with one attached hydrogen (secondary N) is 1. The van der Waals surface area contributed by atoms with E-state index in [1.54, 1.807) is 13.2 Å². The summed E-state index contributed by atoms with van der Waals surface area (Å²) in [5.41, 5.74) is 3.12. The van der Waals surface area contributed by atoms with E-state index in [2.05, 4.69) is 52.4 Å². The van der Waals surface area contributed by atoms with Crippen molar-refractivity contribution in [3.8, 4) is 5.75 Å². The number of hydrogen-bond donors (Lipinski definition) is 1. The smallest absolute Gasteiger partial charge is 0.224 e. The lowest BCUT2D eigenvalue weighted by Crippen LogP contribution is -2.12. The van der Waals surface area contributed by atoms with Gasteiger partial charge in [0.1, 0.15) is 5.75 Å². The molecule has 0 aromatic heterocycles. The number of amides is 1. The Morgan fingerprint density at radius 1 is 1.19 bits per heavy atom. The molecule has 0 aliphatic heterocycles. The molecule has 0 spiro atoms. The first-order chi connectivity index (χ1) is 10.1. The van der Waals surface area contributed by atoms with Crippen LogP contribution >= 0.6 is 15.9 Å². The maximum absolute atomic E-state index is 12.0. The lowest BCUT2D eigenvalue weighted by molar-refractivity contribution is -0.116. The van der Waals surface area contributed by atoms with E-state index in [1.807, 2.05) is 12.1 Å². The highest BCUT2D eigenvalue weighted by atomic mass is 79.9. The minimum absolute atomic E-state index is 0.00970. The van der Waals surface area contributed by atoms with Crippen LogP contribution in [0.5, 0.6) is 5.75 Å². The SMILES string of the molecule is COc1ccc(Br)c(NC(=O)CCc2ccc(C)cc2)c1. The summed E-state index contributed by atoms with van der Waals surface area (Å²) in [5.74, 6) is 0.705. The van der Waals surface area contributed by atoms with E-state index in [0.29, 0.717) is 12.2 Å². The van der Waals surface area contributed by atoms with Crippen LogP contribution in [-0.2, 0) is 11.2 Å². The number of hydrogen-bond acceptors (Lipinski definition) is 2. The molecule has 0 radical (unpaired) electrons. The topological polar surface area (TPSA) is 38.3 Å². The molecule has 0 saturated carbocycles. The van der Waals surface area contributed by atoms with Gasteiger partial charge in [-0.1, -0.05) is 29.8 Å². The highest BCUT2D eigenvalue weighted by Gasteiger charge is 2.07. The zero-order chi connectivity index (χ0) is 15.2. The van der Waals surface area contributed by atoms with Crippen LogP contribution < -0.4 is 10.1 Å². The third kappa shape index (κ3) is 4.60. The molecule has 1 amide bonds. The van der Waals surface area contributed by atoms with E-state index < -0.39 is 0 Å². The van der Waals surface area contributed by atoms with E-state index in [-0.39, 0.29) is 5.91 Å². The molecular formula is C17H18BrNO2. The van der Waals surface area contributed by atoms with Gasteiger partial charge in [-0.25, -0.2) is 0 Å². The summed E-state index contributed by atoms with van der Waals surface area (Å²) < 4.78 is 6.00. The van der Waals surface area contributed by atoms with Crippen LogP contribution in [0.3, 0.4) is 0 Å². The van der Waals surface area contributed by atoms with E-state index in [9.17, 15) is 4.79 Å². The van der Waals surface area contributed by atoms with Crippen LogP contribution in [0.2, 0.25) is 0 Å². The summed E-state index contributed by atoms with van der Waals surface area (Å²) in [7, 11) is 1.60. The van der Waals surface area contributed by atoms with Gasteiger partial charge in [0.15, 0.2) is 0 Å². The number of anilines is 1. The quantitative estimate of drug-likeness (QED) is 0.873. The number of carbonyl (C=O) groups is 1. The average Bonchev–Trinajstić information content (AvgIpc) is 2.49. The monoisotopic (exact) mass is 347 g/mol. The number of methoxy groups -OCH3 is 1. The minimum atomic E-state index is -0.00970. The average molecular weight is 348 g/mol. The molecule has 0 bridgehead atoms. The number of rotatable bonds is 5. The highest BCUT2D eigenvalue weighted by Crippen LogP contribution is 2.27. The van der Waals surface area contributed by atoms with Gasteiger partial charge < -0.3 is 10.1 Å². The Bertz CT molecular complexity index is 623. The van der Waals surface area contributed by atoms with Crippen molar-refractivity contribution in [3.05, 3.63) is 58.1 Å². The number of carbonyl (C=O) groups excluding carboxylic acids is 1. The Labute approximate surface area is 133 Å². The molecule has 3 nitrogen and oxygen atoms in total. The third-order valence-electron chi connectivity index (χ3n) is 3.21. The number of halogens is 1. The van der Waals surface area contributed by atoms with Crippen LogP contribution in [0.25, 0.3) is 0 Å². The third-order valence-corrected chi connectivity index (χ3v) is 3.90. The number of benzene rings is 2. The van der Waals surface area contributed by atoms with Crippen molar-refractivity contribution in [2.24, 2.45) is 0 Å². The van der Waals surface area contributed by atoms with Gasteiger partial charge in [-0.2, -0.15) is 0 Å². The Morgan fingerprint density at radius 3 is 2.57 bits per heavy atom. The second kappa shape index (κ2) is 7.27. The van der Waals surface area contributed by atoms with Crippen LogP contribution in [0.4, 0.5) is 5.69 Å². The molecule has 4 heteroatoms. The Morgan fingerprint density at radius 2 is 1.90 bits per heavy atom. The summed E-state index contributed by atoms with van der Waals surface area (Å²) in [4.78, 5) is 12.0. The van der Waals surface area contributed by atoms with Gasteiger partial charge in [-0.15, -0.1) is 0 Å². The van der Waals surface area contributed by atoms with Gasteiger partial charge in [-0.3, -0.25) is 4.79 Å². The molecule has 0 atom stereocenters. The van der Waals surface area contributed by atoms with Crippen LogP contribution in [-0.4, -0.2) is 13.0 Å². The van der Waals surface area contributed by atoms with E-state index in [0.717, 1.165) is 16.6 Å². The maximum Gasteiger partial charge on any atom is 0.224 e. The number of ether oxygens (including phenoxy) is 1. The minimum Gasteiger partial charge on any atom is -0.497 e. The van der Waals surface area contributed by atoms with Gasteiger partial charge in [0, 0.05) is 17.0 Å². The second-order valence-corrected chi connectivity index (χ2v) is 5.73. The summed E-state index contributed by atoms with van der Waals surface area (Å²) in [6.07, 6.45) is 1.18. The predicted octanol–water partition coefficient (Wildman–Crippen LogP) is 4.34. The highest BCUT2D eigenvalue weighted by molar-refractivity contribution is 9.10. The summed E-state index contributed by atoms with van der Waals surface area (Å²) in [6, 6.07) is 13.7. The summed E-state index contributed by atoms with van der Waals surface area (Å²) >= 11 is 3.42. The second-order valence-electron chi connectivity index (χ2n) is 4.88. The fourth-order valence-electron chi connectivity index (χ4n) is 1.95. The van der Waals surface area contributed by atoms with Crippen molar-refractivity contribution in [1.82, 2.24) is 0 Å². The van der Waals surface area contributed by atoms with E-state index >= 15 is 0 Å². The molecule has 0 fully saturated rings. The molecule has 0 unspecified atom stereocenters. The molecule has 0 saturated heterocycles. The van der Waals surface area contributed by atoms with Crippen LogP contribution in [0, 0.1) is 6.92 Å². The maximum atomic E-state index is 12.0. The first kappa shape index (κ1) is 15.6. The molecule has 2 rings (SSSR count). The lowest BCUT2D eigenvalue weighted by Gasteiger charge is -2.09. The first-order valence-electron chi connectivity index (χ1n) is 6.77. The van der Waals surface area contributed by atoms with Gasteiger partial charge in [0.25, 0.3) is 0 Å². The van der Waals surface area contributed by atoms with Crippen LogP contribution in [0.15, 0.2) is 46.9 Å².